The molecule has 1 aromatic rings. The summed E-state index contributed by atoms with van der Waals surface area (Å²) in [6.45, 7) is 5.92. The summed E-state index contributed by atoms with van der Waals surface area (Å²) in [5.41, 5.74) is 11.9. The molecule has 0 aliphatic rings. The Morgan fingerprint density at radius 3 is 2.18 bits per heavy atom. The number of rotatable bonds is 9. The molecular formula is C16H31N4OP. The van der Waals surface area contributed by atoms with Crippen molar-refractivity contribution in [2.75, 3.05) is 13.2 Å². The summed E-state index contributed by atoms with van der Waals surface area (Å²) >= 11 is 0. The highest BCUT2D eigenvalue weighted by Crippen LogP contribution is 2.41. The fraction of sp³-hybridized carbons (Fsp3) is 0.625. The summed E-state index contributed by atoms with van der Waals surface area (Å²) in [5, 5.41) is 7.36. The van der Waals surface area contributed by atoms with Gasteiger partial charge in [-0.25, -0.2) is 0 Å². The first kappa shape index (κ1) is 19.3. The van der Waals surface area contributed by atoms with E-state index in [1.807, 2.05) is 58.2 Å². The van der Waals surface area contributed by atoms with E-state index < -0.39 is 7.29 Å². The Morgan fingerprint density at radius 2 is 1.73 bits per heavy atom. The zero-order valence-electron chi connectivity index (χ0n) is 14.1. The first-order valence-corrected chi connectivity index (χ1v) is 9.78. The third-order valence-electron chi connectivity index (χ3n) is 3.79. The molecule has 6 N–H and O–H groups in total. The molecule has 5 nitrogen and oxygen atoms in total. The van der Waals surface area contributed by atoms with E-state index >= 15 is 0 Å². The van der Waals surface area contributed by atoms with Crippen molar-refractivity contribution in [3.05, 3.63) is 30.3 Å². The van der Waals surface area contributed by atoms with Crippen LogP contribution < -0.4 is 27.2 Å². The van der Waals surface area contributed by atoms with E-state index in [4.69, 9.17) is 11.5 Å². The van der Waals surface area contributed by atoms with Crippen molar-refractivity contribution in [2.45, 2.75) is 51.4 Å². The van der Waals surface area contributed by atoms with Gasteiger partial charge in [-0.1, -0.05) is 30.3 Å². The lowest BCUT2D eigenvalue weighted by molar-refractivity contribution is 0.491. The molecule has 0 fully saturated rings. The Labute approximate surface area is 134 Å². The van der Waals surface area contributed by atoms with Crippen LogP contribution >= 0.6 is 7.29 Å². The van der Waals surface area contributed by atoms with Crippen molar-refractivity contribution in [3.8, 4) is 0 Å². The van der Waals surface area contributed by atoms with Gasteiger partial charge in [0.15, 0.2) is 7.29 Å². The average molecular weight is 326 g/mol. The van der Waals surface area contributed by atoms with E-state index in [0.717, 1.165) is 11.7 Å². The number of hydrogen-bond acceptors (Lipinski definition) is 4. The fourth-order valence-electron chi connectivity index (χ4n) is 2.67. The Balaban J connectivity index is 3.02. The molecule has 0 saturated heterocycles. The molecule has 126 valence electrons. The normalized spacial score (nSPS) is 19.9. The minimum Gasteiger partial charge on any atom is -0.328 e. The standard InChI is InChI=1S/C16H31N4OP/c1-12(17)10-13(2)20-22(21,11-16(19-4)14(3)18)15-8-6-5-7-9-15/h5-9,12-14,16,19H,10-11,17-18H2,1-4H3,(H,20,21). The van der Waals surface area contributed by atoms with Gasteiger partial charge in [0, 0.05) is 35.6 Å². The van der Waals surface area contributed by atoms with E-state index in [1.165, 1.54) is 0 Å². The molecule has 1 aromatic carbocycles. The SMILES string of the molecule is CNC(CP(=O)(NC(C)CC(C)N)c1ccccc1)C(C)N. The second-order valence-corrected chi connectivity index (χ2v) is 8.87. The van der Waals surface area contributed by atoms with E-state index in [-0.39, 0.29) is 24.2 Å². The number of benzene rings is 1. The van der Waals surface area contributed by atoms with Gasteiger partial charge in [0.2, 0.25) is 0 Å². The lowest BCUT2D eigenvalue weighted by Gasteiger charge is -2.30. The molecule has 0 spiro atoms. The fourth-order valence-corrected chi connectivity index (χ4v) is 5.67. The molecule has 0 saturated carbocycles. The van der Waals surface area contributed by atoms with Crippen LogP contribution in [-0.2, 0) is 4.57 Å². The Morgan fingerprint density at radius 1 is 1.14 bits per heavy atom. The van der Waals surface area contributed by atoms with Crippen LogP contribution in [0.2, 0.25) is 0 Å². The molecule has 6 heteroatoms. The minimum absolute atomic E-state index is 0.0129. The van der Waals surface area contributed by atoms with E-state index in [1.54, 1.807) is 0 Å². The number of nitrogens with one attached hydrogen (secondary N) is 2. The van der Waals surface area contributed by atoms with E-state index in [0.29, 0.717) is 6.16 Å². The van der Waals surface area contributed by atoms with Crippen LogP contribution in [0.3, 0.4) is 0 Å². The Bertz CT molecular complexity index is 478. The molecule has 5 atom stereocenters. The van der Waals surface area contributed by atoms with Gasteiger partial charge in [-0.05, 0) is 34.2 Å². The summed E-state index contributed by atoms with van der Waals surface area (Å²) < 4.78 is 13.6. The van der Waals surface area contributed by atoms with Gasteiger partial charge in [-0.2, -0.15) is 0 Å². The smallest absolute Gasteiger partial charge is 0.177 e. The van der Waals surface area contributed by atoms with Crippen molar-refractivity contribution in [1.29, 1.82) is 0 Å². The summed E-state index contributed by atoms with van der Waals surface area (Å²) in [6, 6.07) is 9.66. The summed E-state index contributed by atoms with van der Waals surface area (Å²) in [5.74, 6) is 0. The van der Waals surface area contributed by atoms with Gasteiger partial charge < -0.3 is 21.3 Å². The van der Waals surface area contributed by atoms with Crippen LogP contribution in [0, 0.1) is 0 Å². The van der Waals surface area contributed by atoms with E-state index in [9.17, 15) is 4.57 Å². The summed E-state index contributed by atoms with van der Waals surface area (Å²) in [6.07, 6.45) is 1.26. The Kier molecular flexibility index (Phi) is 7.74. The molecule has 0 radical (unpaired) electrons. The maximum absolute atomic E-state index is 13.6. The van der Waals surface area contributed by atoms with Crippen LogP contribution in [0.4, 0.5) is 0 Å². The molecule has 0 amide bonds. The first-order valence-electron chi connectivity index (χ1n) is 7.89. The van der Waals surface area contributed by atoms with Gasteiger partial charge >= 0.3 is 0 Å². The highest BCUT2D eigenvalue weighted by Gasteiger charge is 2.31. The second kappa shape index (κ2) is 8.80. The maximum Gasteiger partial charge on any atom is 0.177 e. The summed E-state index contributed by atoms with van der Waals surface area (Å²) in [7, 11) is -0.903. The third-order valence-corrected chi connectivity index (χ3v) is 6.68. The van der Waals surface area contributed by atoms with Gasteiger partial charge in [0.05, 0.1) is 0 Å². The van der Waals surface area contributed by atoms with Crippen LogP contribution in [0.5, 0.6) is 0 Å². The van der Waals surface area contributed by atoms with Crippen molar-refractivity contribution < 1.29 is 4.57 Å². The number of hydrogen-bond donors (Lipinski definition) is 4. The number of nitrogens with two attached hydrogens (primary N) is 2. The lowest BCUT2D eigenvalue weighted by Crippen LogP contribution is -2.46. The highest BCUT2D eigenvalue weighted by atomic mass is 31.2. The van der Waals surface area contributed by atoms with Crippen LogP contribution in [0.1, 0.15) is 27.2 Å². The zero-order valence-corrected chi connectivity index (χ0v) is 15.0. The topological polar surface area (TPSA) is 93.2 Å². The largest absolute Gasteiger partial charge is 0.328 e. The van der Waals surface area contributed by atoms with Gasteiger partial charge in [0.25, 0.3) is 0 Å². The predicted octanol–water partition coefficient (Wildman–Crippen LogP) is 1.24. The molecular weight excluding hydrogens is 295 g/mol. The van der Waals surface area contributed by atoms with Crippen molar-refractivity contribution >= 4 is 12.6 Å². The monoisotopic (exact) mass is 326 g/mol. The first-order chi connectivity index (χ1) is 10.3. The molecule has 0 aromatic heterocycles. The quantitative estimate of drug-likeness (QED) is 0.512. The van der Waals surface area contributed by atoms with Gasteiger partial charge in [-0.3, -0.25) is 5.09 Å². The average Bonchev–Trinajstić information content (AvgIpc) is 2.44. The lowest BCUT2D eigenvalue weighted by atomic mass is 10.1. The molecule has 1 rings (SSSR count). The second-order valence-electron chi connectivity index (χ2n) is 6.26. The molecule has 0 aliphatic carbocycles. The Hall–Kier alpha value is -0.710. The zero-order chi connectivity index (χ0) is 16.8. The van der Waals surface area contributed by atoms with Crippen LogP contribution in [0.25, 0.3) is 0 Å². The highest BCUT2D eigenvalue weighted by molar-refractivity contribution is 7.69. The van der Waals surface area contributed by atoms with Crippen LogP contribution in [0.15, 0.2) is 30.3 Å². The van der Waals surface area contributed by atoms with Crippen molar-refractivity contribution in [3.63, 3.8) is 0 Å². The molecule has 5 unspecified atom stereocenters. The summed E-state index contributed by atoms with van der Waals surface area (Å²) in [4.78, 5) is 0. The van der Waals surface area contributed by atoms with Gasteiger partial charge in [0.1, 0.15) is 0 Å². The van der Waals surface area contributed by atoms with Gasteiger partial charge in [-0.15, -0.1) is 0 Å². The van der Waals surface area contributed by atoms with Crippen LogP contribution in [-0.4, -0.2) is 37.4 Å². The molecule has 0 bridgehead atoms. The predicted molar refractivity (Wildman–Crippen MR) is 95.9 cm³/mol. The van der Waals surface area contributed by atoms with Crippen molar-refractivity contribution in [1.82, 2.24) is 10.4 Å². The molecule has 0 aliphatic heterocycles. The van der Waals surface area contributed by atoms with Crippen molar-refractivity contribution in [2.24, 2.45) is 11.5 Å². The minimum atomic E-state index is -2.76. The molecule has 22 heavy (non-hydrogen) atoms. The van der Waals surface area contributed by atoms with E-state index in [2.05, 4.69) is 10.4 Å². The molecule has 0 heterocycles. The third kappa shape index (κ3) is 5.82. The number of likely N-dealkylation sites (N-methyl/N-ethyl adjacent to an activating group) is 1. The maximum atomic E-state index is 13.6.